The maximum atomic E-state index is 9.47. The Hall–Kier alpha value is -2.82. The second-order valence-corrected chi connectivity index (χ2v) is 6.10. The summed E-state index contributed by atoms with van der Waals surface area (Å²) in [6.07, 6.45) is -0.770. The molecule has 0 aromatic heterocycles. The normalized spacial score (nSPS) is 11.8. The van der Waals surface area contributed by atoms with Gasteiger partial charge in [-0.25, -0.2) is 0 Å². The number of ether oxygens (including phenoxy) is 1. The van der Waals surface area contributed by atoms with Gasteiger partial charge in [0.25, 0.3) is 0 Å². The van der Waals surface area contributed by atoms with Crippen LogP contribution < -0.4 is 10.1 Å². The van der Waals surface area contributed by atoms with Crippen LogP contribution in [0.25, 0.3) is 11.1 Å². The summed E-state index contributed by atoms with van der Waals surface area (Å²) in [5.41, 5.74) is 4.14. The van der Waals surface area contributed by atoms with Crippen molar-refractivity contribution in [3.05, 3.63) is 84.4 Å². The second-order valence-electron chi connectivity index (χ2n) is 6.10. The van der Waals surface area contributed by atoms with Crippen molar-refractivity contribution in [3.63, 3.8) is 0 Å². The highest BCUT2D eigenvalue weighted by Gasteiger charge is 2.04. The molecule has 0 heterocycles. The molecule has 0 saturated heterocycles. The Kier molecular flexibility index (Phi) is 6.25. The highest BCUT2D eigenvalue weighted by atomic mass is 16.5. The number of rotatable bonds is 8. The second kappa shape index (κ2) is 9.04. The summed E-state index contributed by atoms with van der Waals surface area (Å²) >= 11 is 0. The van der Waals surface area contributed by atoms with E-state index in [1.54, 1.807) is 0 Å². The van der Waals surface area contributed by atoms with Gasteiger partial charge in [-0.1, -0.05) is 54.6 Å². The molecule has 1 atom stereocenters. The molecule has 0 aliphatic carbocycles. The van der Waals surface area contributed by atoms with E-state index >= 15 is 0 Å². The molecule has 3 aromatic carbocycles. The van der Waals surface area contributed by atoms with Gasteiger partial charge < -0.3 is 20.3 Å². The molecule has 3 rings (SSSR count). The van der Waals surface area contributed by atoms with Gasteiger partial charge in [-0.05, 0) is 41.0 Å². The lowest BCUT2D eigenvalue weighted by Gasteiger charge is -2.12. The van der Waals surface area contributed by atoms with Crippen LogP contribution in [-0.2, 0) is 6.61 Å². The molecule has 0 aliphatic rings. The summed E-state index contributed by atoms with van der Waals surface area (Å²) in [4.78, 5) is 0. The van der Waals surface area contributed by atoms with Crippen LogP contribution in [0.3, 0.4) is 0 Å². The molecule has 1 unspecified atom stereocenters. The summed E-state index contributed by atoms with van der Waals surface area (Å²) < 4.78 is 5.90. The average Bonchev–Trinajstić information content (AvgIpc) is 2.71. The fourth-order valence-corrected chi connectivity index (χ4v) is 2.62. The van der Waals surface area contributed by atoms with Crippen LogP contribution in [-0.4, -0.2) is 29.5 Å². The summed E-state index contributed by atoms with van der Waals surface area (Å²) in [7, 11) is 0. The third-order valence-corrected chi connectivity index (χ3v) is 4.03. The Morgan fingerprint density at radius 3 is 2.35 bits per heavy atom. The molecule has 0 fully saturated rings. The predicted octanol–water partition coefficient (Wildman–Crippen LogP) is 3.70. The third kappa shape index (κ3) is 5.09. The van der Waals surface area contributed by atoms with Gasteiger partial charge >= 0.3 is 0 Å². The van der Waals surface area contributed by atoms with Gasteiger partial charge in [0, 0.05) is 12.2 Å². The van der Waals surface area contributed by atoms with Crippen molar-refractivity contribution >= 4 is 5.69 Å². The van der Waals surface area contributed by atoms with E-state index in [0.29, 0.717) is 13.2 Å². The van der Waals surface area contributed by atoms with Crippen LogP contribution in [0.1, 0.15) is 5.56 Å². The first kappa shape index (κ1) is 18.0. The number of benzene rings is 3. The van der Waals surface area contributed by atoms with E-state index in [9.17, 15) is 5.11 Å². The van der Waals surface area contributed by atoms with E-state index in [-0.39, 0.29) is 6.61 Å². The Labute approximate surface area is 153 Å². The molecule has 0 radical (unpaired) electrons. The van der Waals surface area contributed by atoms with Gasteiger partial charge in [0.2, 0.25) is 0 Å². The number of anilines is 1. The monoisotopic (exact) mass is 349 g/mol. The molecule has 3 N–H and O–H groups in total. The Balaban J connectivity index is 1.69. The molecule has 0 aliphatic heterocycles. The number of hydrogen-bond donors (Lipinski definition) is 3. The van der Waals surface area contributed by atoms with Gasteiger partial charge in [0.05, 0.1) is 12.7 Å². The van der Waals surface area contributed by atoms with Gasteiger partial charge in [-0.15, -0.1) is 0 Å². The van der Waals surface area contributed by atoms with E-state index in [1.807, 2.05) is 78.9 Å². The predicted molar refractivity (Wildman–Crippen MR) is 104 cm³/mol. The van der Waals surface area contributed by atoms with Crippen LogP contribution in [0.5, 0.6) is 5.75 Å². The molecule has 0 spiro atoms. The van der Waals surface area contributed by atoms with Crippen LogP contribution >= 0.6 is 0 Å². The third-order valence-electron chi connectivity index (χ3n) is 4.03. The average molecular weight is 349 g/mol. The largest absolute Gasteiger partial charge is 0.489 e. The molecule has 26 heavy (non-hydrogen) atoms. The number of aliphatic hydroxyl groups excluding tert-OH is 2. The maximum Gasteiger partial charge on any atom is 0.120 e. The molecule has 134 valence electrons. The van der Waals surface area contributed by atoms with E-state index < -0.39 is 6.10 Å². The van der Waals surface area contributed by atoms with Crippen LogP contribution in [0, 0.1) is 0 Å². The molecular formula is C22H23NO3. The van der Waals surface area contributed by atoms with Gasteiger partial charge in [0.15, 0.2) is 0 Å². The fourth-order valence-electron chi connectivity index (χ4n) is 2.62. The topological polar surface area (TPSA) is 61.7 Å². The highest BCUT2D eigenvalue weighted by Crippen LogP contribution is 2.26. The van der Waals surface area contributed by atoms with Gasteiger partial charge in [0.1, 0.15) is 12.4 Å². The van der Waals surface area contributed by atoms with Gasteiger partial charge in [-0.3, -0.25) is 0 Å². The minimum absolute atomic E-state index is 0.256. The smallest absolute Gasteiger partial charge is 0.120 e. The standard InChI is InChI=1S/C22H23NO3/c24-15-21(25)14-23-20-10-4-8-18(12-20)19-9-5-11-22(13-19)26-16-17-6-2-1-3-7-17/h1-13,21,23-25H,14-16H2. The number of nitrogens with one attached hydrogen (secondary N) is 1. The van der Waals surface area contributed by atoms with Crippen molar-refractivity contribution in [2.24, 2.45) is 0 Å². The van der Waals surface area contributed by atoms with Crippen LogP contribution in [0.15, 0.2) is 78.9 Å². The van der Waals surface area contributed by atoms with Crippen molar-refractivity contribution in [1.82, 2.24) is 0 Å². The Morgan fingerprint density at radius 2 is 1.58 bits per heavy atom. The van der Waals surface area contributed by atoms with Crippen molar-refractivity contribution < 1.29 is 14.9 Å². The van der Waals surface area contributed by atoms with E-state index in [4.69, 9.17) is 9.84 Å². The zero-order valence-corrected chi connectivity index (χ0v) is 14.5. The van der Waals surface area contributed by atoms with Crippen molar-refractivity contribution in [2.75, 3.05) is 18.5 Å². The summed E-state index contributed by atoms with van der Waals surface area (Å²) in [6.45, 7) is 0.582. The molecule has 3 aromatic rings. The zero-order valence-electron chi connectivity index (χ0n) is 14.5. The van der Waals surface area contributed by atoms with Crippen LogP contribution in [0.2, 0.25) is 0 Å². The number of hydrogen-bond acceptors (Lipinski definition) is 4. The molecule has 0 amide bonds. The first-order chi connectivity index (χ1) is 12.7. The Morgan fingerprint density at radius 1 is 0.846 bits per heavy atom. The molecule has 4 heteroatoms. The van der Waals surface area contributed by atoms with Crippen molar-refractivity contribution in [3.8, 4) is 16.9 Å². The molecule has 4 nitrogen and oxygen atoms in total. The fraction of sp³-hybridized carbons (Fsp3) is 0.182. The van der Waals surface area contributed by atoms with Crippen LogP contribution in [0.4, 0.5) is 5.69 Å². The maximum absolute atomic E-state index is 9.47. The minimum atomic E-state index is -0.770. The van der Waals surface area contributed by atoms with Crippen molar-refractivity contribution in [1.29, 1.82) is 0 Å². The van der Waals surface area contributed by atoms with E-state index in [2.05, 4.69) is 5.32 Å². The Bertz CT molecular complexity index is 820. The quantitative estimate of drug-likeness (QED) is 0.580. The SMILES string of the molecule is OCC(O)CNc1cccc(-c2cccc(OCc3ccccc3)c2)c1. The van der Waals surface area contributed by atoms with E-state index in [1.165, 1.54) is 0 Å². The van der Waals surface area contributed by atoms with E-state index in [0.717, 1.165) is 28.1 Å². The zero-order chi connectivity index (χ0) is 18.2. The molecule has 0 saturated carbocycles. The van der Waals surface area contributed by atoms with Crippen molar-refractivity contribution in [2.45, 2.75) is 12.7 Å². The lowest BCUT2D eigenvalue weighted by Crippen LogP contribution is -2.22. The molecule has 0 bridgehead atoms. The summed E-state index contributed by atoms with van der Waals surface area (Å²) in [5.74, 6) is 0.820. The lowest BCUT2D eigenvalue weighted by molar-refractivity contribution is 0.105. The summed E-state index contributed by atoms with van der Waals surface area (Å²) in [5, 5.41) is 21.5. The number of aliphatic hydroxyl groups is 2. The van der Waals surface area contributed by atoms with Gasteiger partial charge in [-0.2, -0.15) is 0 Å². The lowest BCUT2D eigenvalue weighted by atomic mass is 10.0. The summed E-state index contributed by atoms with van der Waals surface area (Å²) in [6, 6.07) is 26.0. The highest BCUT2D eigenvalue weighted by molar-refractivity contribution is 5.69. The first-order valence-corrected chi connectivity index (χ1v) is 8.64. The minimum Gasteiger partial charge on any atom is -0.489 e. The first-order valence-electron chi connectivity index (χ1n) is 8.64. The molecular weight excluding hydrogens is 326 g/mol.